The van der Waals surface area contributed by atoms with Gasteiger partial charge in [-0.3, -0.25) is 9.00 Å². The summed E-state index contributed by atoms with van der Waals surface area (Å²) in [6.45, 7) is 0. The van der Waals surface area contributed by atoms with Gasteiger partial charge < -0.3 is 5.32 Å². The SMILES string of the molecule is CS(=O)c1cccc(NC(=O)CC2CCCCC2)c1. The largest absolute Gasteiger partial charge is 0.326 e. The molecule has 0 bridgehead atoms. The Balaban J connectivity index is 1.90. The van der Waals surface area contributed by atoms with E-state index in [-0.39, 0.29) is 5.91 Å². The van der Waals surface area contributed by atoms with Crippen molar-refractivity contribution < 1.29 is 9.00 Å². The number of hydrogen-bond acceptors (Lipinski definition) is 2. The summed E-state index contributed by atoms with van der Waals surface area (Å²) in [7, 11) is -1.01. The van der Waals surface area contributed by atoms with Gasteiger partial charge in [-0.05, 0) is 37.0 Å². The Kier molecular flexibility index (Phi) is 5.14. The maximum Gasteiger partial charge on any atom is 0.224 e. The first-order valence-corrected chi connectivity index (χ1v) is 8.44. The van der Waals surface area contributed by atoms with E-state index in [9.17, 15) is 9.00 Å². The molecule has 4 heteroatoms. The number of rotatable bonds is 4. The summed E-state index contributed by atoms with van der Waals surface area (Å²) >= 11 is 0. The average Bonchev–Trinajstić information content (AvgIpc) is 2.40. The molecule has 1 aliphatic carbocycles. The zero-order valence-electron chi connectivity index (χ0n) is 11.4. The highest BCUT2D eigenvalue weighted by atomic mass is 32.2. The number of anilines is 1. The Morgan fingerprint density at radius 2 is 2.05 bits per heavy atom. The minimum atomic E-state index is -1.01. The van der Waals surface area contributed by atoms with Gasteiger partial charge in [0.15, 0.2) is 0 Å². The van der Waals surface area contributed by atoms with Gasteiger partial charge in [0.05, 0.1) is 0 Å². The lowest BCUT2D eigenvalue weighted by molar-refractivity contribution is -0.117. The van der Waals surface area contributed by atoms with Crippen LogP contribution in [-0.4, -0.2) is 16.4 Å². The Bertz CT molecular complexity index is 467. The number of carbonyl (C=O) groups excluding carboxylic acids is 1. The van der Waals surface area contributed by atoms with Gasteiger partial charge in [0.1, 0.15) is 0 Å². The molecule has 1 aromatic carbocycles. The summed E-state index contributed by atoms with van der Waals surface area (Å²) in [5.74, 6) is 0.614. The summed E-state index contributed by atoms with van der Waals surface area (Å²) in [4.78, 5) is 12.7. The third-order valence-corrected chi connectivity index (χ3v) is 4.57. The molecule has 0 heterocycles. The van der Waals surface area contributed by atoms with E-state index < -0.39 is 10.8 Å². The second-order valence-corrected chi connectivity index (χ2v) is 6.62. The van der Waals surface area contributed by atoms with Gasteiger partial charge >= 0.3 is 0 Å². The van der Waals surface area contributed by atoms with E-state index in [4.69, 9.17) is 0 Å². The van der Waals surface area contributed by atoms with E-state index in [0.29, 0.717) is 12.3 Å². The first kappa shape index (κ1) is 14.3. The van der Waals surface area contributed by atoms with Gasteiger partial charge in [-0.1, -0.05) is 25.3 Å². The molecule has 2 rings (SSSR count). The zero-order chi connectivity index (χ0) is 13.7. The van der Waals surface area contributed by atoms with Gasteiger partial charge in [0.25, 0.3) is 0 Å². The average molecular weight is 279 g/mol. The van der Waals surface area contributed by atoms with Crippen molar-refractivity contribution in [2.24, 2.45) is 5.92 Å². The molecule has 1 atom stereocenters. The van der Waals surface area contributed by atoms with Gasteiger partial charge in [0.2, 0.25) is 5.91 Å². The van der Waals surface area contributed by atoms with Crippen LogP contribution >= 0.6 is 0 Å². The molecule has 3 nitrogen and oxygen atoms in total. The van der Waals surface area contributed by atoms with Crippen LogP contribution in [-0.2, 0) is 15.6 Å². The van der Waals surface area contributed by atoms with Crippen LogP contribution in [0.4, 0.5) is 5.69 Å². The lowest BCUT2D eigenvalue weighted by Gasteiger charge is -2.20. The van der Waals surface area contributed by atoms with Crippen LogP contribution in [0.5, 0.6) is 0 Å². The third-order valence-electron chi connectivity index (χ3n) is 3.65. The van der Waals surface area contributed by atoms with Crippen LogP contribution in [0, 0.1) is 5.92 Å². The Morgan fingerprint density at radius 1 is 1.32 bits per heavy atom. The van der Waals surface area contributed by atoms with Crippen molar-refractivity contribution >= 4 is 22.4 Å². The van der Waals surface area contributed by atoms with E-state index in [1.165, 1.54) is 32.1 Å². The number of benzene rings is 1. The normalized spacial score (nSPS) is 17.9. The fraction of sp³-hybridized carbons (Fsp3) is 0.533. The van der Waals surface area contributed by atoms with Crippen molar-refractivity contribution in [3.8, 4) is 0 Å². The Morgan fingerprint density at radius 3 is 2.74 bits per heavy atom. The van der Waals surface area contributed by atoms with E-state index >= 15 is 0 Å². The molecule has 1 amide bonds. The van der Waals surface area contributed by atoms with Gasteiger partial charge in [-0.15, -0.1) is 0 Å². The van der Waals surface area contributed by atoms with Crippen LogP contribution < -0.4 is 5.32 Å². The van der Waals surface area contributed by atoms with Gasteiger partial charge in [0, 0.05) is 34.1 Å². The lowest BCUT2D eigenvalue weighted by Crippen LogP contribution is -2.18. The molecule has 0 aliphatic heterocycles. The number of nitrogens with one attached hydrogen (secondary N) is 1. The summed E-state index contributed by atoms with van der Waals surface area (Å²) in [6.07, 6.45) is 8.41. The van der Waals surface area contributed by atoms with Crippen molar-refractivity contribution in [2.75, 3.05) is 11.6 Å². The van der Waals surface area contributed by atoms with Crippen molar-refractivity contribution in [1.82, 2.24) is 0 Å². The molecule has 0 radical (unpaired) electrons. The number of hydrogen-bond donors (Lipinski definition) is 1. The molecule has 1 fully saturated rings. The third kappa shape index (κ3) is 4.46. The van der Waals surface area contributed by atoms with Crippen LogP contribution in [0.25, 0.3) is 0 Å². The second kappa shape index (κ2) is 6.85. The van der Waals surface area contributed by atoms with E-state index in [2.05, 4.69) is 5.32 Å². The quantitative estimate of drug-likeness (QED) is 0.919. The first-order valence-electron chi connectivity index (χ1n) is 6.88. The number of amides is 1. The van der Waals surface area contributed by atoms with E-state index in [1.54, 1.807) is 12.3 Å². The topological polar surface area (TPSA) is 46.2 Å². The standard InChI is InChI=1S/C15H21NO2S/c1-19(18)14-9-5-8-13(11-14)16-15(17)10-12-6-3-2-4-7-12/h5,8-9,11-12H,2-4,6-7,10H2,1H3,(H,16,17). The summed E-state index contributed by atoms with van der Waals surface area (Å²) in [6, 6.07) is 7.27. The maximum absolute atomic E-state index is 12.0. The molecule has 0 saturated heterocycles. The van der Waals surface area contributed by atoms with E-state index in [0.717, 1.165) is 10.6 Å². The zero-order valence-corrected chi connectivity index (χ0v) is 12.2. The number of carbonyl (C=O) groups is 1. The fourth-order valence-corrected chi connectivity index (χ4v) is 3.18. The molecule has 0 spiro atoms. The van der Waals surface area contributed by atoms with Crippen molar-refractivity contribution in [2.45, 2.75) is 43.4 Å². The molecular formula is C15H21NO2S. The molecule has 19 heavy (non-hydrogen) atoms. The van der Waals surface area contributed by atoms with Crippen molar-refractivity contribution in [3.05, 3.63) is 24.3 Å². The predicted octanol–water partition coefficient (Wildman–Crippen LogP) is 3.33. The predicted molar refractivity (Wildman–Crippen MR) is 78.6 cm³/mol. The highest BCUT2D eigenvalue weighted by Gasteiger charge is 2.17. The van der Waals surface area contributed by atoms with E-state index in [1.807, 2.05) is 18.2 Å². The summed E-state index contributed by atoms with van der Waals surface area (Å²) in [5, 5.41) is 2.91. The fourth-order valence-electron chi connectivity index (χ4n) is 2.62. The van der Waals surface area contributed by atoms with Crippen molar-refractivity contribution in [1.29, 1.82) is 0 Å². The van der Waals surface area contributed by atoms with Crippen molar-refractivity contribution in [3.63, 3.8) is 0 Å². The van der Waals surface area contributed by atoms with Crippen LogP contribution in [0.1, 0.15) is 38.5 Å². The van der Waals surface area contributed by atoms with Gasteiger partial charge in [-0.25, -0.2) is 0 Å². The molecule has 0 aromatic heterocycles. The second-order valence-electron chi connectivity index (χ2n) is 5.24. The molecule has 1 aliphatic rings. The van der Waals surface area contributed by atoms with Gasteiger partial charge in [-0.2, -0.15) is 0 Å². The molecule has 1 saturated carbocycles. The summed E-state index contributed by atoms with van der Waals surface area (Å²) < 4.78 is 11.4. The molecule has 104 valence electrons. The lowest BCUT2D eigenvalue weighted by atomic mass is 9.87. The molecule has 1 aromatic rings. The smallest absolute Gasteiger partial charge is 0.224 e. The minimum absolute atomic E-state index is 0.0749. The minimum Gasteiger partial charge on any atom is -0.326 e. The highest BCUT2D eigenvalue weighted by Crippen LogP contribution is 2.26. The van der Waals surface area contributed by atoms with Crippen LogP contribution in [0.2, 0.25) is 0 Å². The Labute approximate surface area is 117 Å². The molecular weight excluding hydrogens is 258 g/mol. The maximum atomic E-state index is 12.0. The first-order chi connectivity index (χ1) is 9.15. The highest BCUT2D eigenvalue weighted by molar-refractivity contribution is 7.84. The summed E-state index contributed by atoms with van der Waals surface area (Å²) in [5.41, 5.74) is 0.744. The van der Waals surface area contributed by atoms with Crippen LogP contribution in [0.15, 0.2) is 29.2 Å². The molecule has 1 unspecified atom stereocenters. The van der Waals surface area contributed by atoms with Crippen LogP contribution in [0.3, 0.4) is 0 Å². The Hall–Kier alpha value is -1.16. The molecule has 1 N–H and O–H groups in total. The monoisotopic (exact) mass is 279 g/mol.